The van der Waals surface area contributed by atoms with E-state index in [-0.39, 0.29) is 0 Å². The van der Waals surface area contributed by atoms with Gasteiger partial charge < -0.3 is 4.90 Å². The van der Waals surface area contributed by atoms with E-state index in [0.717, 1.165) is 0 Å². The quantitative estimate of drug-likeness (QED) is 0.0898. The highest BCUT2D eigenvalue weighted by molar-refractivity contribution is 4.64. The Morgan fingerprint density at radius 3 is 0.625 bits per heavy atom. The molecule has 0 aromatic heterocycles. The topological polar surface area (TPSA) is 3.24 Å². The van der Waals surface area contributed by atoms with Crippen molar-refractivity contribution in [2.24, 2.45) is 16.2 Å². The number of hydrogen-bond donors (Lipinski definition) is 0. The van der Waals surface area contributed by atoms with Crippen molar-refractivity contribution in [2.45, 2.75) is 216 Å². The van der Waals surface area contributed by atoms with E-state index in [1.54, 1.807) is 0 Å². The summed E-state index contributed by atoms with van der Waals surface area (Å²) < 4.78 is 0. The molecule has 0 spiro atoms. The van der Waals surface area contributed by atoms with Crippen molar-refractivity contribution in [3.8, 4) is 0 Å². The second-order valence-corrected chi connectivity index (χ2v) is 17.2. The maximum absolute atomic E-state index is 2.84. The third-order valence-electron chi connectivity index (χ3n) is 8.70. The molecule has 0 rings (SSSR count). The molecular weight excluding hydrogens is 482 g/mol. The number of hydrogen-bond acceptors (Lipinski definition) is 1. The van der Waals surface area contributed by atoms with E-state index in [9.17, 15) is 0 Å². The summed E-state index contributed by atoms with van der Waals surface area (Å²) in [6, 6.07) is 0. The molecule has 0 atom stereocenters. The predicted molar refractivity (Wildman–Crippen MR) is 186 cm³/mol. The van der Waals surface area contributed by atoms with Crippen molar-refractivity contribution < 1.29 is 0 Å². The van der Waals surface area contributed by atoms with Crippen LogP contribution in [-0.4, -0.2) is 24.5 Å². The van der Waals surface area contributed by atoms with Crippen molar-refractivity contribution in [3.05, 3.63) is 0 Å². The van der Waals surface area contributed by atoms with Gasteiger partial charge in [0.05, 0.1) is 0 Å². The molecule has 0 N–H and O–H groups in total. The van der Waals surface area contributed by atoms with Gasteiger partial charge in [-0.2, -0.15) is 0 Å². The van der Waals surface area contributed by atoms with E-state index in [1.165, 1.54) is 174 Å². The third kappa shape index (κ3) is 34.2. The van der Waals surface area contributed by atoms with Crippen LogP contribution >= 0.6 is 0 Å². The largest absolute Gasteiger partial charge is 0.303 e. The van der Waals surface area contributed by atoms with Gasteiger partial charge in [0.25, 0.3) is 0 Å². The molecule has 0 aliphatic rings. The third-order valence-corrected chi connectivity index (χ3v) is 8.70. The van der Waals surface area contributed by atoms with Crippen LogP contribution in [0.1, 0.15) is 216 Å². The van der Waals surface area contributed by atoms with E-state index >= 15 is 0 Å². The van der Waals surface area contributed by atoms with Gasteiger partial charge in [-0.1, -0.05) is 178 Å². The minimum atomic E-state index is 0.515. The summed E-state index contributed by atoms with van der Waals surface area (Å²) in [5.41, 5.74) is 1.55. The van der Waals surface area contributed by atoms with E-state index in [2.05, 4.69) is 67.2 Å². The lowest BCUT2D eigenvalue weighted by atomic mass is 9.89. The smallest absolute Gasteiger partial charge is 0.00187 e. The van der Waals surface area contributed by atoms with E-state index < -0.39 is 0 Å². The Kier molecular flexibility index (Phi) is 24.4. The van der Waals surface area contributed by atoms with Crippen molar-refractivity contribution in [2.75, 3.05) is 19.6 Å². The first-order valence-electron chi connectivity index (χ1n) is 18.5. The molecule has 0 bridgehead atoms. The maximum Gasteiger partial charge on any atom is -0.00187 e. The van der Waals surface area contributed by atoms with E-state index in [4.69, 9.17) is 0 Å². The van der Waals surface area contributed by atoms with Gasteiger partial charge in [0.1, 0.15) is 0 Å². The molecule has 0 aliphatic heterocycles. The number of unbranched alkanes of at least 4 members (excludes halogenated alkanes) is 18. The van der Waals surface area contributed by atoms with Crippen molar-refractivity contribution >= 4 is 0 Å². The summed E-state index contributed by atoms with van der Waals surface area (Å²) in [6.45, 7) is 25.5. The van der Waals surface area contributed by atoms with Gasteiger partial charge in [-0.3, -0.25) is 0 Å². The number of nitrogens with zero attached hydrogens (tertiary/aromatic N) is 1. The van der Waals surface area contributed by atoms with Crippen LogP contribution in [0.25, 0.3) is 0 Å². The standard InChI is InChI=1S/C39H81N/c1-37(2,3)31-25-19-13-10-16-22-28-34-40(35-29-23-17-11-14-20-26-32-38(4,5)6)36-30-24-18-12-15-21-27-33-39(7,8)9/h10-36H2,1-9H3. The summed E-state index contributed by atoms with van der Waals surface area (Å²) in [5.74, 6) is 0. The van der Waals surface area contributed by atoms with Gasteiger partial charge >= 0.3 is 0 Å². The van der Waals surface area contributed by atoms with Gasteiger partial charge in [-0.05, 0) is 74.4 Å². The minimum absolute atomic E-state index is 0.515. The molecule has 0 saturated heterocycles. The summed E-state index contributed by atoms with van der Waals surface area (Å²) >= 11 is 0. The lowest BCUT2D eigenvalue weighted by molar-refractivity contribution is 0.253. The average molecular weight is 564 g/mol. The van der Waals surface area contributed by atoms with Crippen molar-refractivity contribution in [3.63, 3.8) is 0 Å². The molecular formula is C39H81N. The SMILES string of the molecule is CC(C)(C)CCCCCCCCCN(CCCCCCCCCC(C)(C)C)CCCCCCCCCC(C)(C)C. The maximum atomic E-state index is 2.84. The van der Waals surface area contributed by atoms with Crippen LogP contribution in [0.15, 0.2) is 0 Å². The fourth-order valence-corrected chi connectivity index (χ4v) is 5.96. The fourth-order valence-electron chi connectivity index (χ4n) is 5.96. The Morgan fingerprint density at radius 2 is 0.425 bits per heavy atom. The number of rotatable bonds is 27. The van der Waals surface area contributed by atoms with Crippen LogP contribution in [0.5, 0.6) is 0 Å². The highest BCUT2D eigenvalue weighted by Crippen LogP contribution is 2.24. The Balaban J connectivity index is 4.02. The van der Waals surface area contributed by atoms with Crippen molar-refractivity contribution in [1.29, 1.82) is 0 Å². The van der Waals surface area contributed by atoms with E-state index in [1.807, 2.05) is 0 Å². The summed E-state index contributed by atoms with van der Waals surface area (Å²) in [4.78, 5) is 2.84. The molecule has 0 radical (unpaired) electrons. The molecule has 1 heteroatoms. The molecule has 0 heterocycles. The Morgan fingerprint density at radius 1 is 0.250 bits per heavy atom. The van der Waals surface area contributed by atoms with Crippen LogP contribution in [0.2, 0.25) is 0 Å². The molecule has 40 heavy (non-hydrogen) atoms. The molecule has 0 amide bonds. The van der Waals surface area contributed by atoms with Gasteiger partial charge in [0.15, 0.2) is 0 Å². The first-order valence-corrected chi connectivity index (χ1v) is 18.5. The van der Waals surface area contributed by atoms with Crippen LogP contribution in [0, 0.1) is 16.2 Å². The van der Waals surface area contributed by atoms with E-state index in [0.29, 0.717) is 16.2 Å². The first kappa shape index (κ1) is 40.0. The van der Waals surface area contributed by atoms with Gasteiger partial charge in [-0.15, -0.1) is 0 Å². The molecule has 242 valence electrons. The van der Waals surface area contributed by atoms with Crippen LogP contribution in [-0.2, 0) is 0 Å². The lowest BCUT2D eigenvalue weighted by Crippen LogP contribution is -2.27. The first-order chi connectivity index (χ1) is 18.8. The summed E-state index contributed by atoms with van der Waals surface area (Å²) in [6.07, 6.45) is 34.4. The highest BCUT2D eigenvalue weighted by Gasteiger charge is 2.11. The summed E-state index contributed by atoms with van der Waals surface area (Å²) in [5, 5.41) is 0. The van der Waals surface area contributed by atoms with Gasteiger partial charge in [-0.25, -0.2) is 0 Å². The monoisotopic (exact) mass is 564 g/mol. The molecule has 1 nitrogen and oxygen atoms in total. The molecule has 0 aromatic rings. The average Bonchev–Trinajstić information content (AvgIpc) is 2.83. The summed E-state index contributed by atoms with van der Waals surface area (Å²) in [7, 11) is 0. The molecule has 0 unspecified atom stereocenters. The van der Waals surface area contributed by atoms with Gasteiger partial charge in [0.2, 0.25) is 0 Å². The van der Waals surface area contributed by atoms with Crippen LogP contribution in [0.3, 0.4) is 0 Å². The molecule has 0 aliphatic carbocycles. The Hall–Kier alpha value is -0.0400. The zero-order valence-electron chi connectivity index (χ0n) is 30.0. The van der Waals surface area contributed by atoms with Crippen LogP contribution < -0.4 is 0 Å². The fraction of sp³-hybridized carbons (Fsp3) is 1.00. The van der Waals surface area contributed by atoms with Crippen LogP contribution in [0.4, 0.5) is 0 Å². The second-order valence-electron chi connectivity index (χ2n) is 17.2. The molecule has 0 aromatic carbocycles. The zero-order chi connectivity index (χ0) is 30.2. The highest BCUT2D eigenvalue weighted by atomic mass is 15.1. The minimum Gasteiger partial charge on any atom is -0.303 e. The molecule has 0 fully saturated rings. The molecule has 0 saturated carbocycles. The normalized spacial score (nSPS) is 13.1. The van der Waals surface area contributed by atoms with Gasteiger partial charge in [0, 0.05) is 0 Å². The van der Waals surface area contributed by atoms with Crippen molar-refractivity contribution in [1.82, 2.24) is 4.90 Å². The lowest BCUT2D eigenvalue weighted by Gasteiger charge is -2.22. The Labute approximate surface area is 256 Å². The predicted octanol–water partition coefficient (Wildman–Crippen LogP) is 13.8. The second kappa shape index (κ2) is 24.4. The Bertz CT molecular complexity index is 438. The zero-order valence-corrected chi connectivity index (χ0v) is 30.0.